The number of carbonyl (C=O) groups excluding carboxylic acids is 3. The number of rotatable bonds is 10. The summed E-state index contributed by atoms with van der Waals surface area (Å²) in [5, 5.41) is 9.30. The summed E-state index contributed by atoms with van der Waals surface area (Å²) < 4.78 is 15.7. The molecular formula is C20H26N4O6. The van der Waals surface area contributed by atoms with Crippen LogP contribution in [0.1, 0.15) is 37.2 Å². The minimum Gasteiger partial charge on any atom is -0.467 e. The van der Waals surface area contributed by atoms with Crippen molar-refractivity contribution in [3.8, 4) is 0 Å². The van der Waals surface area contributed by atoms with Gasteiger partial charge in [-0.3, -0.25) is 19.3 Å². The van der Waals surface area contributed by atoms with E-state index in [0.29, 0.717) is 24.7 Å². The summed E-state index contributed by atoms with van der Waals surface area (Å²) in [6.07, 6.45) is 3.31. The number of anilines is 1. The van der Waals surface area contributed by atoms with Crippen molar-refractivity contribution in [1.82, 2.24) is 15.8 Å². The second-order valence-corrected chi connectivity index (χ2v) is 7.07. The lowest BCUT2D eigenvalue weighted by molar-refractivity contribution is -0.126. The van der Waals surface area contributed by atoms with E-state index in [4.69, 9.17) is 13.7 Å². The molecule has 30 heavy (non-hydrogen) atoms. The lowest BCUT2D eigenvalue weighted by atomic mass is 10.2. The molecule has 2 aromatic heterocycles. The third-order valence-electron chi connectivity index (χ3n) is 4.65. The number of ether oxygens (including phenoxy) is 1. The summed E-state index contributed by atoms with van der Waals surface area (Å²) in [6.45, 7) is 2.82. The van der Waals surface area contributed by atoms with E-state index < -0.39 is 5.91 Å². The minimum absolute atomic E-state index is 0.00486. The van der Waals surface area contributed by atoms with Gasteiger partial charge in [-0.15, -0.1) is 0 Å². The normalized spacial score (nSPS) is 15.7. The highest BCUT2D eigenvalue weighted by molar-refractivity contribution is 5.99. The van der Waals surface area contributed by atoms with Crippen molar-refractivity contribution in [2.75, 3.05) is 24.6 Å². The maximum Gasteiger partial charge on any atom is 0.240 e. The second kappa shape index (κ2) is 10.6. The molecule has 1 aliphatic rings. The highest BCUT2D eigenvalue weighted by Crippen LogP contribution is 2.16. The Bertz CT molecular complexity index is 841. The molecule has 0 saturated carbocycles. The van der Waals surface area contributed by atoms with Gasteiger partial charge in [-0.1, -0.05) is 5.16 Å². The molecule has 10 nitrogen and oxygen atoms in total. The van der Waals surface area contributed by atoms with Gasteiger partial charge in [0.15, 0.2) is 5.82 Å². The van der Waals surface area contributed by atoms with Gasteiger partial charge in [0, 0.05) is 32.1 Å². The summed E-state index contributed by atoms with van der Waals surface area (Å²) >= 11 is 0. The Hall–Kier alpha value is -3.14. The number of furan rings is 1. The van der Waals surface area contributed by atoms with Crippen LogP contribution < -0.4 is 15.5 Å². The van der Waals surface area contributed by atoms with Gasteiger partial charge in [0.25, 0.3) is 0 Å². The fourth-order valence-corrected chi connectivity index (χ4v) is 3.05. The molecule has 3 heterocycles. The molecule has 1 atom stereocenters. The lowest BCUT2D eigenvalue weighted by Gasteiger charge is -2.20. The Morgan fingerprint density at radius 1 is 1.23 bits per heavy atom. The van der Waals surface area contributed by atoms with Crippen LogP contribution in [0, 0.1) is 6.92 Å². The SMILES string of the molecule is Cc1cc(N(CC(=O)NCC2CCCO2)C(=O)CCC(=O)NCc2ccco2)no1. The number of carbonyl (C=O) groups is 3. The number of hydrogen-bond acceptors (Lipinski definition) is 7. The second-order valence-electron chi connectivity index (χ2n) is 7.07. The molecular weight excluding hydrogens is 392 g/mol. The first-order valence-corrected chi connectivity index (χ1v) is 9.92. The highest BCUT2D eigenvalue weighted by Gasteiger charge is 2.24. The smallest absolute Gasteiger partial charge is 0.240 e. The number of aryl methyl sites for hydroxylation is 1. The summed E-state index contributed by atoms with van der Waals surface area (Å²) in [5.74, 6) is 0.348. The van der Waals surface area contributed by atoms with Crippen molar-refractivity contribution < 1.29 is 28.1 Å². The van der Waals surface area contributed by atoms with Crippen LogP contribution in [0.5, 0.6) is 0 Å². The minimum atomic E-state index is -0.399. The summed E-state index contributed by atoms with van der Waals surface area (Å²) in [6, 6.07) is 5.05. The molecule has 162 valence electrons. The van der Waals surface area contributed by atoms with E-state index in [2.05, 4.69) is 15.8 Å². The third-order valence-corrected chi connectivity index (χ3v) is 4.65. The molecule has 2 N–H and O–H groups in total. The predicted octanol–water partition coefficient (Wildman–Crippen LogP) is 1.30. The zero-order valence-electron chi connectivity index (χ0n) is 16.9. The lowest BCUT2D eigenvalue weighted by Crippen LogP contribution is -2.43. The van der Waals surface area contributed by atoms with Crippen LogP contribution in [0.2, 0.25) is 0 Å². The predicted molar refractivity (Wildman–Crippen MR) is 105 cm³/mol. The van der Waals surface area contributed by atoms with Crippen LogP contribution in [-0.4, -0.2) is 48.7 Å². The van der Waals surface area contributed by atoms with E-state index in [1.807, 2.05) is 0 Å². The first-order chi connectivity index (χ1) is 14.5. The van der Waals surface area contributed by atoms with Crippen molar-refractivity contribution in [3.63, 3.8) is 0 Å². The van der Waals surface area contributed by atoms with E-state index in [9.17, 15) is 14.4 Å². The van der Waals surface area contributed by atoms with Crippen molar-refractivity contribution in [1.29, 1.82) is 0 Å². The van der Waals surface area contributed by atoms with E-state index in [1.165, 1.54) is 11.2 Å². The average Bonchev–Trinajstić information content (AvgIpc) is 3.50. The number of nitrogens with one attached hydrogen (secondary N) is 2. The van der Waals surface area contributed by atoms with Crippen molar-refractivity contribution >= 4 is 23.5 Å². The van der Waals surface area contributed by atoms with Crippen molar-refractivity contribution in [2.24, 2.45) is 0 Å². The van der Waals surface area contributed by atoms with Crippen LogP contribution >= 0.6 is 0 Å². The van der Waals surface area contributed by atoms with Crippen LogP contribution in [0.4, 0.5) is 5.82 Å². The van der Waals surface area contributed by atoms with E-state index in [1.54, 1.807) is 25.1 Å². The van der Waals surface area contributed by atoms with Gasteiger partial charge in [0.2, 0.25) is 17.7 Å². The molecule has 0 aliphatic carbocycles. The van der Waals surface area contributed by atoms with Crippen LogP contribution in [0.25, 0.3) is 0 Å². The fourth-order valence-electron chi connectivity index (χ4n) is 3.05. The number of amides is 3. The summed E-state index contributed by atoms with van der Waals surface area (Å²) in [7, 11) is 0. The number of nitrogens with zero attached hydrogens (tertiary/aromatic N) is 2. The maximum atomic E-state index is 12.7. The van der Waals surface area contributed by atoms with Gasteiger partial charge in [-0.05, 0) is 31.9 Å². The van der Waals surface area contributed by atoms with Gasteiger partial charge >= 0.3 is 0 Å². The Labute approximate surface area is 173 Å². The average molecular weight is 418 g/mol. The van der Waals surface area contributed by atoms with Gasteiger partial charge < -0.3 is 24.3 Å². The summed E-state index contributed by atoms with van der Waals surface area (Å²) in [5.41, 5.74) is 0. The Morgan fingerprint density at radius 3 is 2.77 bits per heavy atom. The van der Waals surface area contributed by atoms with Gasteiger partial charge in [-0.2, -0.15) is 0 Å². The molecule has 0 spiro atoms. The third kappa shape index (κ3) is 6.45. The van der Waals surface area contributed by atoms with Crippen LogP contribution in [0.3, 0.4) is 0 Å². The van der Waals surface area contributed by atoms with Gasteiger partial charge in [0.05, 0.1) is 18.9 Å². The molecule has 0 bridgehead atoms. The molecule has 1 fully saturated rings. The van der Waals surface area contributed by atoms with E-state index >= 15 is 0 Å². The molecule has 2 aromatic rings. The van der Waals surface area contributed by atoms with Crippen LogP contribution in [0.15, 0.2) is 33.4 Å². The Morgan fingerprint density at radius 2 is 2.10 bits per heavy atom. The van der Waals surface area contributed by atoms with Crippen molar-refractivity contribution in [2.45, 2.75) is 45.3 Å². The number of aromatic nitrogens is 1. The number of hydrogen-bond donors (Lipinski definition) is 2. The molecule has 1 aliphatic heterocycles. The van der Waals surface area contributed by atoms with E-state index in [0.717, 1.165) is 12.8 Å². The van der Waals surface area contributed by atoms with Gasteiger partial charge in [-0.25, -0.2) is 0 Å². The quantitative estimate of drug-likeness (QED) is 0.595. The van der Waals surface area contributed by atoms with Crippen LogP contribution in [-0.2, 0) is 25.7 Å². The standard InChI is InChI=1S/C20H26N4O6/c1-14-10-17(23-30-14)24(13-19(26)22-12-16-5-3-9-29-16)20(27)7-6-18(25)21-11-15-4-2-8-28-15/h2,4,8,10,16H,3,5-7,9,11-13H2,1H3,(H,21,25)(H,22,26). The Balaban J connectivity index is 1.51. The topological polar surface area (TPSA) is 127 Å². The summed E-state index contributed by atoms with van der Waals surface area (Å²) in [4.78, 5) is 38.3. The molecule has 3 rings (SSSR count). The highest BCUT2D eigenvalue weighted by atomic mass is 16.5. The van der Waals surface area contributed by atoms with Crippen molar-refractivity contribution in [3.05, 3.63) is 36.0 Å². The fraction of sp³-hybridized carbons (Fsp3) is 0.500. The molecule has 10 heteroatoms. The van der Waals surface area contributed by atoms with E-state index in [-0.39, 0.29) is 49.7 Å². The first-order valence-electron chi connectivity index (χ1n) is 9.92. The zero-order valence-corrected chi connectivity index (χ0v) is 16.9. The maximum absolute atomic E-state index is 12.7. The first kappa shape index (κ1) is 21.6. The molecule has 1 unspecified atom stereocenters. The monoisotopic (exact) mass is 418 g/mol. The van der Waals surface area contributed by atoms with Gasteiger partial charge in [0.1, 0.15) is 18.1 Å². The Kier molecular flexibility index (Phi) is 7.61. The molecule has 0 radical (unpaired) electrons. The molecule has 0 aromatic carbocycles. The molecule has 1 saturated heterocycles. The molecule has 3 amide bonds. The largest absolute Gasteiger partial charge is 0.467 e. The zero-order chi connectivity index (χ0) is 21.3.